The molecule has 1 atom stereocenters. The molecule has 1 aromatic carbocycles. The van der Waals surface area contributed by atoms with Gasteiger partial charge in [0.05, 0.1) is 12.1 Å². The van der Waals surface area contributed by atoms with Gasteiger partial charge in [-0.05, 0) is 38.1 Å². The summed E-state index contributed by atoms with van der Waals surface area (Å²) >= 11 is 1.26. The Morgan fingerprint density at radius 3 is 2.64 bits per heavy atom. The minimum Gasteiger partial charge on any atom is -0.494 e. The number of hydrogen-bond donors (Lipinski definition) is 3. The Hall–Kier alpha value is -3.07. The van der Waals surface area contributed by atoms with Gasteiger partial charge < -0.3 is 20.3 Å². The fourth-order valence-electron chi connectivity index (χ4n) is 2.39. The second-order valence-corrected chi connectivity index (χ2v) is 6.82. The molecule has 0 spiro atoms. The van der Waals surface area contributed by atoms with Crippen molar-refractivity contribution in [2.24, 2.45) is 0 Å². The summed E-state index contributed by atoms with van der Waals surface area (Å²) in [5, 5.41) is 21.0. The molecule has 0 fully saturated rings. The van der Waals surface area contributed by atoms with Crippen molar-refractivity contribution in [3.05, 3.63) is 42.1 Å². The van der Waals surface area contributed by atoms with E-state index in [-0.39, 0.29) is 5.75 Å². The molecule has 1 unspecified atom stereocenters. The van der Waals surface area contributed by atoms with E-state index in [1.807, 2.05) is 38.1 Å². The number of nitrogens with one attached hydrogen (secondary N) is 1. The van der Waals surface area contributed by atoms with Crippen LogP contribution in [0.4, 0.5) is 0 Å². The van der Waals surface area contributed by atoms with Gasteiger partial charge in [-0.1, -0.05) is 0 Å². The predicted molar refractivity (Wildman–Crippen MR) is 105 cm³/mol. The SMILES string of the molecule is CCOc1ccc2nc(C)cc(SCC(NC(=O)/C=C/C(=O)O)C(=O)O)c2c1. The fourth-order valence-corrected chi connectivity index (χ4v) is 3.54. The van der Waals surface area contributed by atoms with Crippen LogP contribution in [0.25, 0.3) is 10.9 Å². The van der Waals surface area contributed by atoms with Crippen LogP contribution >= 0.6 is 11.8 Å². The zero-order valence-corrected chi connectivity index (χ0v) is 16.2. The second-order valence-electron chi connectivity index (χ2n) is 5.76. The first-order valence-electron chi connectivity index (χ1n) is 8.41. The Morgan fingerprint density at radius 1 is 1.25 bits per heavy atom. The molecule has 1 heterocycles. The summed E-state index contributed by atoms with van der Waals surface area (Å²) in [6.07, 6.45) is 1.43. The normalized spacial score (nSPS) is 12.1. The van der Waals surface area contributed by atoms with Crippen LogP contribution in [0.15, 0.2) is 41.3 Å². The number of aromatic nitrogens is 1. The van der Waals surface area contributed by atoms with E-state index in [2.05, 4.69) is 10.3 Å². The number of benzene rings is 1. The van der Waals surface area contributed by atoms with Gasteiger partial charge in [-0.25, -0.2) is 9.59 Å². The molecule has 148 valence electrons. The zero-order valence-electron chi connectivity index (χ0n) is 15.3. The molecule has 1 aromatic heterocycles. The van der Waals surface area contributed by atoms with Gasteiger partial charge in [0, 0.05) is 33.9 Å². The number of rotatable bonds is 9. The van der Waals surface area contributed by atoms with E-state index < -0.39 is 23.9 Å². The molecular formula is C19H20N2O6S. The molecule has 0 saturated carbocycles. The monoisotopic (exact) mass is 404 g/mol. The Bertz CT molecular complexity index is 928. The smallest absolute Gasteiger partial charge is 0.328 e. The Labute approximate surface area is 165 Å². The number of thioether (sulfide) groups is 1. The molecule has 1 amide bonds. The predicted octanol–water partition coefficient (Wildman–Crippen LogP) is 2.24. The molecule has 28 heavy (non-hydrogen) atoms. The van der Waals surface area contributed by atoms with Crippen molar-refractivity contribution in [3.63, 3.8) is 0 Å². The van der Waals surface area contributed by atoms with Gasteiger partial charge in [-0.2, -0.15) is 0 Å². The molecule has 3 N–H and O–H groups in total. The summed E-state index contributed by atoms with van der Waals surface area (Å²) in [6, 6.07) is 6.16. The number of pyridine rings is 1. The van der Waals surface area contributed by atoms with Gasteiger partial charge in [0.1, 0.15) is 11.8 Å². The van der Waals surface area contributed by atoms with Gasteiger partial charge in [0.2, 0.25) is 5.91 Å². The number of aryl methyl sites for hydroxylation is 1. The Balaban J connectivity index is 2.21. The minimum absolute atomic E-state index is 0.0550. The lowest BCUT2D eigenvalue weighted by Gasteiger charge is -2.14. The van der Waals surface area contributed by atoms with Crippen molar-refractivity contribution in [3.8, 4) is 5.75 Å². The third-order valence-electron chi connectivity index (χ3n) is 3.58. The highest BCUT2D eigenvalue weighted by Gasteiger charge is 2.20. The number of aliphatic carboxylic acids is 2. The van der Waals surface area contributed by atoms with Gasteiger partial charge in [-0.3, -0.25) is 9.78 Å². The summed E-state index contributed by atoms with van der Waals surface area (Å²) in [4.78, 5) is 38.9. The Morgan fingerprint density at radius 2 is 2.00 bits per heavy atom. The first kappa shape index (κ1) is 21.2. The molecule has 0 bridgehead atoms. The van der Waals surface area contributed by atoms with Crippen LogP contribution in [0.2, 0.25) is 0 Å². The van der Waals surface area contributed by atoms with Gasteiger partial charge in [0.15, 0.2) is 0 Å². The third-order valence-corrected chi connectivity index (χ3v) is 4.73. The lowest BCUT2D eigenvalue weighted by Crippen LogP contribution is -2.41. The van der Waals surface area contributed by atoms with Crippen molar-refractivity contribution < 1.29 is 29.3 Å². The van der Waals surface area contributed by atoms with Gasteiger partial charge in [-0.15, -0.1) is 11.8 Å². The van der Waals surface area contributed by atoms with Crippen molar-refractivity contribution in [2.75, 3.05) is 12.4 Å². The largest absolute Gasteiger partial charge is 0.494 e. The minimum atomic E-state index is -1.29. The van der Waals surface area contributed by atoms with Crippen molar-refractivity contribution >= 4 is 40.5 Å². The first-order valence-corrected chi connectivity index (χ1v) is 9.40. The average Bonchev–Trinajstić information content (AvgIpc) is 2.63. The number of carboxylic acid groups (broad SMARTS) is 2. The van der Waals surface area contributed by atoms with Crippen LogP contribution in [0.3, 0.4) is 0 Å². The maximum Gasteiger partial charge on any atom is 0.328 e. The van der Waals surface area contributed by atoms with Gasteiger partial charge in [0.25, 0.3) is 0 Å². The summed E-state index contributed by atoms with van der Waals surface area (Å²) in [5.41, 5.74) is 1.53. The lowest BCUT2D eigenvalue weighted by molar-refractivity contribution is -0.140. The van der Waals surface area contributed by atoms with E-state index in [1.165, 1.54) is 11.8 Å². The van der Waals surface area contributed by atoms with Crippen LogP contribution in [0.1, 0.15) is 12.6 Å². The van der Waals surface area contributed by atoms with Crippen molar-refractivity contribution in [1.82, 2.24) is 10.3 Å². The molecule has 0 aliphatic rings. The van der Waals surface area contributed by atoms with Crippen LogP contribution in [0.5, 0.6) is 5.75 Å². The van der Waals surface area contributed by atoms with Crippen molar-refractivity contribution in [1.29, 1.82) is 0 Å². The van der Waals surface area contributed by atoms with Crippen LogP contribution < -0.4 is 10.1 Å². The number of nitrogens with zero attached hydrogens (tertiary/aromatic N) is 1. The number of carboxylic acids is 2. The highest BCUT2D eigenvalue weighted by Crippen LogP contribution is 2.31. The van der Waals surface area contributed by atoms with E-state index in [4.69, 9.17) is 9.84 Å². The summed E-state index contributed by atoms with van der Waals surface area (Å²) < 4.78 is 5.52. The molecule has 0 radical (unpaired) electrons. The third kappa shape index (κ3) is 5.98. The molecule has 8 nitrogen and oxygen atoms in total. The number of carbonyl (C=O) groups excluding carboxylic acids is 1. The molecule has 0 saturated heterocycles. The maximum atomic E-state index is 11.7. The van der Waals surface area contributed by atoms with Crippen molar-refractivity contribution in [2.45, 2.75) is 24.8 Å². The molecule has 2 aromatic rings. The Kier molecular flexibility index (Phi) is 7.39. The van der Waals surface area contributed by atoms with Gasteiger partial charge >= 0.3 is 11.9 Å². The average molecular weight is 404 g/mol. The number of ether oxygens (including phenoxy) is 1. The zero-order chi connectivity index (χ0) is 20.7. The molecular weight excluding hydrogens is 384 g/mol. The molecule has 0 aliphatic carbocycles. The van der Waals surface area contributed by atoms with E-state index in [0.717, 1.165) is 27.6 Å². The molecule has 0 aliphatic heterocycles. The van der Waals surface area contributed by atoms with E-state index in [9.17, 15) is 19.5 Å². The standard InChI is InChI=1S/C19H20N2O6S/c1-3-27-12-4-5-14-13(9-12)16(8-11(2)20-14)28-10-15(19(25)26)21-17(22)6-7-18(23)24/h4-9,15H,3,10H2,1-2H3,(H,21,22)(H,23,24)(H,25,26)/b7-6+. The lowest BCUT2D eigenvalue weighted by atomic mass is 10.2. The molecule has 9 heteroatoms. The maximum absolute atomic E-state index is 11.7. The highest BCUT2D eigenvalue weighted by molar-refractivity contribution is 7.99. The van der Waals surface area contributed by atoms with Crippen LogP contribution in [-0.4, -0.2) is 51.4 Å². The van der Waals surface area contributed by atoms with Crippen LogP contribution in [0, 0.1) is 6.92 Å². The summed E-state index contributed by atoms with van der Waals surface area (Å²) in [6.45, 7) is 4.24. The summed E-state index contributed by atoms with van der Waals surface area (Å²) in [7, 11) is 0. The number of fused-ring (bicyclic) bond motifs is 1. The van der Waals surface area contributed by atoms with E-state index >= 15 is 0 Å². The van der Waals surface area contributed by atoms with E-state index in [0.29, 0.717) is 18.4 Å². The second kappa shape index (κ2) is 9.75. The number of hydrogen-bond acceptors (Lipinski definition) is 6. The highest BCUT2D eigenvalue weighted by atomic mass is 32.2. The first-order chi connectivity index (χ1) is 13.3. The topological polar surface area (TPSA) is 126 Å². The van der Waals surface area contributed by atoms with Crippen LogP contribution in [-0.2, 0) is 14.4 Å². The van der Waals surface area contributed by atoms with E-state index in [1.54, 1.807) is 0 Å². The quantitative estimate of drug-likeness (QED) is 0.429. The number of amides is 1. The molecule has 2 rings (SSSR count). The fraction of sp³-hybridized carbons (Fsp3) is 0.263. The summed E-state index contributed by atoms with van der Waals surface area (Å²) in [5.74, 6) is -2.55. The number of carbonyl (C=O) groups is 3.